The molecule has 5 nitrogen and oxygen atoms in total. The molecule has 0 atom stereocenters. The summed E-state index contributed by atoms with van der Waals surface area (Å²) in [6.45, 7) is 6.99. The summed E-state index contributed by atoms with van der Waals surface area (Å²) in [7, 11) is 2.21. The Morgan fingerprint density at radius 1 is 1.36 bits per heavy atom. The lowest BCUT2D eigenvalue weighted by Crippen LogP contribution is -2.39. The molecule has 1 aromatic heterocycles. The minimum Gasteiger partial charge on any atom is -0.467 e. The average Bonchev–Trinajstić information content (AvgIpc) is 3.00. The summed E-state index contributed by atoms with van der Waals surface area (Å²) in [5.41, 5.74) is 0. The summed E-state index contributed by atoms with van der Waals surface area (Å²) in [5, 5.41) is 6.70. The number of halogens is 1. The molecule has 0 unspecified atom stereocenters. The van der Waals surface area contributed by atoms with Crippen LogP contribution in [0.1, 0.15) is 31.9 Å². The van der Waals surface area contributed by atoms with E-state index in [0.717, 1.165) is 30.7 Å². The second kappa shape index (κ2) is 10.9. The van der Waals surface area contributed by atoms with E-state index in [2.05, 4.69) is 34.5 Å². The quantitative estimate of drug-likeness (QED) is 0.422. The van der Waals surface area contributed by atoms with Gasteiger partial charge in [0.15, 0.2) is 5.96 Å². The fourth-order valence-electron chi connectivity index (χ4n) is 2.65. The van der Waals surface area contributed by atoms with Crippen molar-refractivity contribution >= 4 is 29.9 Å². The number of guanidine groups is 1. The summed E-state index contributed by atoms with van der Waals surface area (Å²) < 4.78 is 5.30. The van der Waals surface area contributed by atoms with Crippen LogP contribution in [0.4, 0.5) is 0 Å². The lowest BCUT2D eigenvalue weighted by atomic mass is 9.94. The van der Waals surface area contributed by atoms with Gasteiger partial charge in [0, 0.05) is 13.1 Å². The Hall–Kier alpha value is -0.760. The third-order valence-electron chi connectivity index (χ3n) is 4.00. The fraction of sp³-hybridized carbons (Fsp3) is 0.688. The number of nitrogens with one attached hydrogen (secondary N) is 2. The van der Waals surface area contributed by atoms with Gasteiger partial charge in [-0.05, 0) is 64.4 Å². The number of hydrogen-bond donors (Lipinski definition) is 2. The Morgan fingerprint density at radius 2 is 2.14 bits per heavy atom. The van der Waals surface area contributed by atoms with Gasteiger partial charge in [-0.15, -0.1) is 24.0 Å². The van der Waals surface area contributed by atoms with E-state index < -0.39 is 0 Å². The van der Waals surface area contributed by atoms with Crippen LogP contribution in [0.15, 0.2) is 27.8 Å². The largest absolute Gasteiger partial charge is 0.467 e. The molecule has 1 saturated heterocycles. The maximum Gasteiger partial charge on any atom is 0.191 e. The van der Waals surface area contributed by atoms with Gasteiger partial charge in [-0.3, -0.25) is 0 Å². The highest BCUT2D eigenvalue weighted by Crippen LogP contribution is 2.18. The zero-order valence-corrected chi connectivity index (χ0v) is 16.0. The average molecular weight is 420 g/mol. The van der Waals surface area contributed by atoms with Gasteiger partial charge in [-0.1, -0.05) is 0 Å². The Balaban J connectivity index is 0.00000242. The molecule has 126 valence electrons. The molecule has 0 spiro atoms. The van der Waals surface area contributed by atoms with Crippen molar-refractivity contribution in [2.24, 2.45) is 10.9 Å². The van der Waals surface area contributed by atoms with Crippen LogP contribution in [-0.2, 0) is 6.54 Å². The molecular formula is C16H29IN4O. The summed E-state index contributed by atoms with van der Waals surface area (Å²) in [4.78, 5) is 6.96. The SMILES string of the molecule is CCNC(=NCc1ccco1)NCCC1CCN(C)CC1.I. The van der Waals surface area contributed by atoms with Crippen LogP contribution in [0, 0.1) is 5.92 Å². The maximum absolute atomic E-state index is 5.30. The topological polar surface area (TPSA) is 52.8 Å². The van der Waals surface area contributed by atoms with E-state index in [-0.39, 0.29) is 24.0 Å². The highest BCUT2D eigenvalue weighted by molar-refractivity contribution is 14.0. The standard InChI is InChI=1S/C16H28N4O.HI/c1-3-17-16(19-13-15-5-4-12-21-15)18-9-6-14-7-10-20(2)11-8-14;/h4-5,12,14H,3,6-11,13H2,1-2H3,(H2,17,18,19);1H. The normalized spacial score (nSPS) is 17.1. The van der Waals surface area contributed by atoms with Crippen molar-refractivity contribution in [3.05, 3.63) is 24.2 Å². The lowest BCUT2D eigenvalue weighted by molar-refractivity contribution is 0.213. The van der Waals surface area contributed by atoms with Crippen molar-refractivity contribution in [1.29, 1.82) is 0 Å². The van der Waals surface area contributed by atoms with E-state index in [0.29, 0.717) is 6.54 Å². The molecule has 0 amide bonds. The minimum absolute atomic E-state index is 0. The predicted molar refractivity (Wildman–Crippen MR) is 102 cm³/mol. The molecule has 6 heteroatoms. The van der Waals surface area contributed by atoms with Crippen molar-refractivity contribution in [2.75, 3.05) is 33.2 Å². The van der Waals surface area contributed by atoms with E-state index >= 15 is 0 Å². The van der Waals surface area contributed by atoms with Crippen molar-refractivity contribution < 1.29 is 4.42 Å². The molecular weight excluding hydrogens is 391 g/mol. The highest BCUT2D eigenvalue weighted by Gasteiger charge is 2.16. The molecule has 22 heavy (non-hydrogen) atoms. The first-order chi connectivity index (χ1) is 10.3. The van der Waals surface area contributed by atoms with Crippen LogP contribution in [0.2, 0.25) is 0 Å². The molecule has 1 fully saturated rings. The number of piperidine rings is 1. The van der Waals surface area contributed by atoms with Gasteiger partial charge in [-0.2, -0.15) is 0 Å². The molecule has 2 rings (SSSR count). The lowest BCUT2D eigenvalue weighted by Gasteiger charge is -2.29. The second-order valence-corrected chi connectivity index (χ2v) is 5.74. The van der Waals surface area contributed by atoms with Crippen LogP contribution in [0.25, 0.3) is 0 Å². The van der Waals surface area contributed by atoms with Gasteiger partial charge in [0.05, 0.1) is 6.26 Å². The molecule has 0 radical (unpaired) electrons. The predicted octanol–water partition coefficient (Wildman–Crippen LogP) is 2.68. The number of aliphatic imine (C=N–C) groups is 1. The summed E-state index contributed by atoms with van der Waals surface area (Å²) >= 11 is 0. The van der Waals surface area contributed by atoms with Crippen LogP contribution in [0.3, 0.4) is 0 Å². The van der Waals surface area contributed by atoms with Gasteiger partial charge in [0.2, 0.25) is 0 Å². The Kier molecular flexibility index (Phi) is 9.54. The van der Waals surface area contributed by atoms with Crippen molar-refractivity contribution in [3.63, 3.8) is 0 Å². The van der Waals surface area contributed by atoms with E-state index in [1.807, 2.05) is 12.1 Å². The van der Waals surface area contributed by atoms with Crippen LogP contribution >= 0.6 is 24.0 Å². The molecule has 2 N–H and O–H groups in total. The number of furan rings is 1. The first-order valence-corrected chi connectivity index (χ1v) is 8.01. The van der Waals surface area contributed by atoms with Crippen LogP contribution in [-0.4, -0.2) is 44.1 Å². The smallest absolute Gasteiger partial charge is 0.191 e. The van der Waals surface area contributed by atoms with Crippen molar-refractivity contribution in [1.82, 2.24) is 15.5 Å². The molecule has 2 heterocycles. The molecule has 0 aromatic carbocycles. The number of likely N-dealkylation sites (tertiary alicyclic amines) is 1. The number of nitrogens with zero attached hydrogens (tertiary/aromatic N) is 2. The number of rotatable bonds is 6. The molecule has 1 aromatic rings. The van der Waals surface area contributed by atoms with E-state index in [1.54, 1.807) is 6.26 Å². The van der Waals surface area contributed by atoms with Gasteiger partial charge in [0.25, 0.3) is 0 Å². The van der Waals surface area contributed by atoms with Gasteiger partial charge >= 0.3 is 0 Å². The zero-order valence-electron chi connectivity index (χ0n) is 13.7. The Labute approximate surface area is 150 Å². The molecule has 1 aliphatic rings. The summed E-state index contributed by atoms with van der Waals surface area (Å²) in [5.74, 6) is 2.62. The third-order valence-corrected chi connectivity index (χ3v) is 4.00. The number of hydrogen-bond acceptors (Lipinski definition) is 3. The first-order valence-electron chi connectivity index (χ1n) is 8.01. The third kappa shape index (κ3) is 7.00. The van der Waals surface area contributed by atoms with Crippen LogP contribution < -0.4 is 10.6 Å². The van der Waals surface area contributed by atoms with E-state index in [4.69, 9.17) is 4.42 Å². The van der Waals surface area contributed by atoms with Gasteiger partial charge < -0.3 is 20.0 Å². The molecule has 1 aliphatic heterocycles. The second-order valence-electron chi connectivity index (χ2n) is 5.74. The highest BCUT2D eigenvalue weighted by atomic mass is 127. The zero-order chi connectivity index (χ0) is 14.9. The maximum atomic E-state index is 5.30. The first kappa shape index (κ1) is 19.3. The van der Waals surface area contributed by atoms with Crippen LogP contribution in [0.5, 0.6) is 0 Å². The monoisotopic (exact) mass is 420 g/mol. The van der Waals surface area contributed by atoms with Gasteiger partial charge in [-0.25, -0.2) is 4.99 Å². The summed E-state index contributed by atoms with van der Waals surface area (Å²) in [6, 6.07) is 3.84. The van der Waals surface area contributed by atoms with E-state index in [1.165, 1.54) is 32.4 Å². The van der Waals surface area contributed by atoms with Crippen molar-refractivity contribution in [2.45, 2.75) is 32.7 Å². The van der Waals surface area contributed by atoms with Gasteiger partial charge in [0.1, 0.15) is 12.3 Å². The molecule has 0 bridgehead atoms. The fourth-order valence-corrected chi connectivity index (χ4v) is 2.65. The summed E-state index contributed by atoms with van der Waals surface area (Å²) in [6.07, 6.45) is 5.54. The molecule has 0 aliphatic carbocycles. The van der Waals surface area contributed by atoms with Crippen molar-refractivity contribution in [3.8, 4) is 0 Å². The molecule has 0 saturated carbocycles. The minimum atomic E-state index is 0. The Bertz CT molecular complexity index is 414. The Morgan fingerprint density at radius 3 is 2.77 bits per heavy atom. The van der Waals surface area contributed by atoms with E-state index in [9.17, 15) is 0 Å².